The molecule has 0 radical (unpaired) electrons. The van der Waals surface area contributed by atoms with Gasteiger partial charge in [0.25, 0.3) is 11.8 Å². The summed E-state index contributed by atoms with van der Waals surface area (Å²) >= 11 is 0. The fourth-order valence-electron chi connectivity index (χ4n) is 5.45. The van der Waals surface area contributed by atoms with Crippen molar-refractivity contribution < 1.29 is 33.9 Å². The largest absolute Gasteiger partial charge is 0.505 e. The number of hydrogen-bond acceptors (Lipinski definition) is 6. The molecule has 1 fully saturated rings. The van der Waals surface area contributed by atoms with Gasteiger partial charge in [-0.2, -0.15) is 5.06 Å². The summed E-state index contributed by atoms with van der Waals surface area (Å²) < 4.78 is 14.2. The monoisotopic (exact) mass is 423 g/mol. The van der Waals surface area contributed by atoms with Crippen LogP contribution in [0.1, 0.15) is 31.2 Å². The molecule has 1 saturated heterocycles. The Bertz CT molecular complexity index is 1190. The number of Topliss-reactive ketones (excluding diaryl/α,β-unsaturated/α-hetero) is 1. The van der Waals surface area contributed by atoms with Crippen LogP contribution in [0.15, 0.2) is 52.6 Å². The van der Waals surface area contributed by atoms with Crippen LogP contribution in [-0.4, -0.2) is 38.8 Å². The van der Waals surface area contributed by atoms with E-state index in [1.807, 2.05) is 0 Å². The Morgan fingerprint density at radius 3 is 2.55 bits per heavy atom. The summed E-state index contributed by atoms with van der Waals surface area (Å²) in [6, 6.07) is 3.77. The van der Waals surface area contributed by atoms with Crippen molar-refractivity contribution in [1.29, 1.82) is 0 Å². The molecule has 0 spiro atoms. The number of ketones is 2. The Morgan fingerprint density at radius 1 is 1.10 bits per heavy atom. The minimum atomic E-state index is -0.869. The summed E-state index contributed by atoms with van der Waals surface area (Å²) in [5, 5.41) is 19.6. The number of carbonyl (C=O) groups is 4. The summed E-state index contributed by atoms with van der Waals surface area (Å²) in [4.78, 5) is 50.9. The number of halogens is 1. The fourth-order valence-corrected chi connectivity index (χ4v) is 5.45. The molecule has 1 aromatic rings. The summed E-state index contributed by atoms with van der Waals surface area (Å²) in [5.74, 6) is -6.48. The van der Waals surface area contributed by atoms with Crippen molar-refractivity contribution in [3.8, 4) is 5.75 Å². The highest BCUT2D eigenvalue weighted by molar-refractivity contribution is 6.23. The number of phenolic OH excluding ortho intramolecular Hbond substituents is 1. The Kier molecular flexibility index (Phi) is 4.14. The number of aromatic hydroxyl groups is 1. The predicted octanol–water partition coefficient (Wildman–Crippen LogP) is 2.35. The van der Waals surface area contributed by atoms with Crippen LogP contribution in [0.2, 0.25) is 0 Å². The van der Waals surface area contributed by atoms with Gasteiger partial charge >= 0.3 is 0 Å². The van der Waals surface area contributed by atoms with Crippen LogP contribution < -0.4 is 0 Å². The molecule has 158 valence electrons. The van der Waals surface area contributed by atoms with Crippen LogP contribution in [0.5, 0.6) is 5.75 Å². The molecule has 2 N–H and O–H groups in total. The number of benzene rings is 1. The number of hydrogen-bond donors (Lipinski definition) is 2. The number of carbonyl (C=O) groups excluding carboxylic acids is 4. The molecule has 1 aromatic carbocycles. The van der Waals surface area contributed by atoms with E-state index in [1.165, 1.54) is 25.1 Å². The molecular weight excluding hydrogens is 405 g/mol. The summed E-state index contributed by atoms with van der Waals surface area (Å²) in [6.45, 7) is 1.54. The molecule has 1 aliphatic heterocycles. The molecule has 7 nitrogen and oxygen atoms in total. The van der Waals surface area contributed by atoms with Gasteiger partial charge in [0.1, 0.15) is 0 Å². The Labute approximate surface area is 176 Å². The van der Waals surface area contributed by atoms with Crippen LogP contribution in [0.4, 0.5) is 4.39 Å². The van der Waals surface area contributed by atoms with Gasteiger partial charge in [0, 0.05) is 22.6 Å². The van der Waals surface area contributed by atoms with Gasteiger partial charge in [-0.15, -0.1) is 0 Å². The Balaban J connectivity index is 1.72. The first-order valence-electron chi connectivity index (χ1n) is 9.96. The smallest absolute Gasteiger partial charge is 0.257 e. The molecule has 4 aliphatic rings. The van der Waals surface area contributed by atoms with Crippen molar-refractivity contribution in [3.05, 3.63) is 64.0 Å². The van der Waals surface area contributed by atoms with Gasteiger partial charge in [-0.1, -0.05) is 17.7 Å². The van der Waals surface area contributed by atoms with Crippen LogP contribution in [0, 0.1) is 23.6 Å². The van der Waals surface area contributed by atoms with E-state index in [0.29, 0.717) is 11.1 Å². The van der Waals surface area contributed by atoms with Gasteiger partial charge in [0.2, 0.25) is 0 Å². The van der Waals surface area contributed by atoms with Gasteiger partial charge in [0.15, 0.2) is 23.1 Å². The second kappa shape index (κ2) is 6.55. The van der Waals surface area contributed by atoms with E-state index < -0.39 is 47.1 Å². The third-order valence-corrected chi connectivity index (χ3v) is 6.84. The maximum atomic E-state index is 14.2. The highest BCUT2D eigenvalue weighted by atomic mass is 19.1. The molecule has 8 heteroatoms. The molecule has 0 aromatic heterocycles. The molecule has 0 saturated carbocycles. The maximum Gasteiger partial charge on any atom is 0.257 e. The van der Waals surface area contributed by atoms with Gasteiger partial charge < -0.3 is 5.11 Å². The van der Waals surface area contributed by atoms with Crippen LogP contribution in [0.3, 0.4) is 0 Å². The second-order valence-electron chi connectivity index (χ2n) is 8.43. The van der Waals surface area contributed by atoms with E-state index in [1.54, 1.807) is 6.08 Å². The maximum absolute atomic E-state index is 14.2. The number of nitrogens with zero attached hydrogens (tertiary/aromatic N) is 1. The zero-order valence-corrected chi connectivity index (χ0v) is 16.5. The summed E-state index contributed by atoms with van der Waals surface area (Å²) in [5.41, 5.74) is 1.78. The summed E-state index contributed by atoms with van der Waals surface area (Å²) in [7, 11) is 0. The van der Waals surface area contributed by atoms with Crippen LogP contribution in [0.25, 0.3) is 0 Å². The van der Waals surface area contributed by atoms with Crippen molar-refractivity contribution in [3.63, 3.8) is 0 Å². The minimum Gasteiger partial charge on any atom is -0.505 e. The number of imide groups is 1. The summed E-state index contributed by atoms with van der Waals surface area (Å²) in [6.07, 6.45) is 3.30. The third kappa shape index (κ3) is 2.61. The van der Waals surface area contributed by atoms with Crippen molar-refractivity contribution in [2.24, 2.45) is 17.8 Å². The Morgan fingerprint density at radius 2 is 1.84 bits per heavy atom. The van der Waals surface area contributed by atoms with Crippen LogP contribution in [-0.2, 0) is 19.2 Å². The van der Waals surface area contributed by atoms with E-state index in [-0.39, 0.29) is 46.2 Å². The first-order chi connectivity index (χ1) is 14.7. The number of rotatable bonds is 1. The highest BCUT2D eigenvalue weighted by Gasteiger charge is 2.56. The molecule has 1 heterocycles. The van der Waals surface area contributed by atoms with E-state index in [0.717, 1.165) is 6.07 Å². The predicted molar refractivity (Wildman–Crippen MR) is 103 cm³/mol. The third-order valence-electron chi connectivity index (χ3n) is 6.84. The zero-order chi connectivity index (χ0) is 22.2. The molecular formula is C23H18FNO6. The normalized spacial score (nSPS) is 30.1. The molecule has 4 unspecified atom stereocenters. The number of amides is 2. The number of phenols is 1. The number of allylic oxidation sites excluding steroid dienone is 6. The van der Waals surface area contributed by atoms with Gasteiger partial charge in [-0.3, -0.25) is 24.4 Å². The highest BCUT2D eigenvalue weighted by Crippen LogP contribution is 2.54. The Hall–Kier alpha value is -3.39. The minimum absolute atomic E-state index is 0.0853. The van der Waals surface area contributed by atoms with E-state index in [4.69, 9.17) is 0 Å². The van der Waals surface area contributed by atoms with Gasteiger partial charge in [-0.25, -0.2) is 4.39 Å². The average molecular weight is 423 g/mol. The van der Waals surface area contributed by atoms with Crippen molar-refractivity contribution in [1.82, 2.24) is 5.06 Å². The molecule has 3 aliphatic carbocycles. The lowest BCUT2D eigenvalue weighted by atomic mass is 9.59. The van der Waals surface area contributed by atoms with Gasteiger partial charge in [0.05, 0.1) is 11.8 Å². The van der Waals surface area contributed by atoms with Crippen LogP contribution >= 0.6 is 0 Å². The van der Waals surface area contributed by atoms with E-state index in [9.17, 15) is 33.9 Å². The van der Waals surface area contributed by atoms with E-state index >= 15 is 0 Å². The topological polar surface area (TPSA) is 112 Å². The second-order valence-corrected chi connectivity index (χ2v) is 8.43. The quantitative estimate of drug-likeness (QED) is 0.310. The van der Waals surface area contributed by atoms with Crippen molar-refractivity contribution in [2.75, 3.05) is 0 Å². The molecule has 0 bridgehead atoms. The standard InChI is InChI=1S/C23H18FNO6/c1-9-6-17(27)20-14(21(9)28)8-13-11(18(20)10-2-5-16(26)15(24)7-10)3-4-12-19(13)23(30)25(31)22(12)29/h2-3,5-7,12-13,18-19,26,31H,4,8H2,1H3. The molecule has 2 amide bonds. The lowest BCUT2D eigenvalue weighted by Crippen LogP contribution is -2.39. The average Bonchev–Trinajstić information content (AvgIpc) is 2.97. The van der Waals surface area contributed by atoms with Crippen molar-refractivity contribution >= 4 is 23.4 Å². The zero-order valence-electron chi connectivity index (χ0n) is 16.5. The fraction of sp³-hybridized carbons (Fsp3) is 0.304. The first-order valence-corrected chi connectivity index (χ1v) is 9.96. The SMILES string of the molecule is CC1=CC(=O)C2=C(CC3C(=CCC4C(=O)N(O)C(=O)C43)C2c2ccc(O)c(F)c2)C1=O. The number of hydroxylamine groups is 2. The molecule has 5 rings (SSSR count). The molecule has 31 heavy (non-hydrogen) atoms. The van der Waals surface area contributed by atoms with E-state index in [2.05, 4.69) is 0 Å². The number of fused-ring (bicyclic) bond motifs is 3. The lowest BCUT2D eigenvalue weighted by Gasteiger charge is -2.42. The van der Waals surface area contributed by atoms with Gasteiger partial charge in [-0.05, 0) is 49.5 Å². The van der Waals surface area contributed by atoms with Crippen molar-refractivity contribution in [2.45, 2.75) is 25.7 Å². The molecule has 4 atom stereocenters. The first kappa shape index (κ1) is 19.6. The lowest BCUT2D eigenvalue weighted by molar-refractivity contribution is -0.173.